The van der Waals surface area contributed by atoms with Crippen LogP contribution < -0.4 is 4.74 Å². The van der Waals surface area contributed by atoms with E-state index in [2.05, 4.69) is 6.07 Å². The van der Waals surface area contributed by atoms with E-state index in [9.17, 15) is 0 Å². The molecule has 2 aromatic rings. The molecule has 0 saturated carbocycles. The minimum absolute atomic E-state index is 0.0697. The quantitative estimate of drug-likeness (QED) is 0.751. The summed E-state index contributed by atoms with van der Waals surface area (Å²) in [5, 5.41) is 8.64. The summed E-state index contributed by atoms with van der Waals surface area (Å²) >= 11 is 0. The van der Waals surface area contributed by atoms with Crippen LogP contribution in [0.4, 0.5) is 0 Å². The Bertz CT molecular complexity index is 497. The smallest absolute Gasteiger partial charge is 0.120 e. The average Bonchev–Trinajstić information content (AvgIpc) is 2.51. The van der Waals surface area contributed by atoms with Crippen molar-refractivity contribution in [1.29, 1.82) is 0 Å². The SMILES string of the molecule is OCCOCCc1cccc(OCc2ccccc2)c1. The molecule has 0 radical (unpaired) electrons. The van der Waals surface area contributed by atoms with E-state index < -0.39 is 0 Å². The molecular weight excluding hydrogens is 252 g/mol. The van der Waals surface area contributed by atoms with Crippen LogP contribution in [0.25, 0.3) is 0 Å². The summed E-state index contributed by atoms with van der Waals surface area (Å²) < 4.78 is 11.0. The van der Waals surface area contributed by atoms with E-state index in [1.165, 1.54) is 5.56 Å². The Morgan fingerprint density at radius 3 is 2.45 bits per heavy atom. The van der Waals surface area contributed by atoms with Gasteiger partial charge < -0.3 is 14.6 Å². The van der Waals surface area contributed by atoms with Gasteiger partial charge in [-0.2, -0.15) is 0 Å². The Morgan fingerprint density at radius 2 is 1.65 bits per heavy atom. The Hall–Kier alpha value is -1.84. The highest BCUT2D eigenvalue weighted by molar-refractivity contribution is 5.29. The van der Waals surface area contributed by atoms with Gasteiger partial charge in [-0.1, -0.05) is 42.5 Å². The number of rotatable bonds is 8. The molecule has 0 aliphatic heterocycles. The van der Waals surface area contributed by atoms with Crippen LogP contribution in [0.3, 0.4) is 0 Å². The van der Waals surface area contributed by atoms with Crippen LogP contribution in [0.2, 0.25) is 0 Å². The van der Waals surface area contributed by atoms with E-state index in [4.69, 9.17) is 14.6 Å². The fourth-order valence-electron chi connectivity index (χ4n) is 1.89. The highest BCUT2D eigenvalue weighted by atomic mass is 16.5. The van der Waals surface area contributed by atoms with Crippen LogP contribution in [0.15, 0.2) is 54.6 Å². The summed E-state index contributed by atoms with van der Waals surface area (Å²) in [5.41, 5.74) is 2.33. The molecule has 106 valence electrons. The lowest BCUT2D eigenvalue weighted by Gasteiger charge is -2.08. The largest absolute Gasteiger partial charge is 0.489 e. The fourth-order valence-corrected chi connectivity index (χ4v) is 1.89. The highest BCUT2D eigenvalue weighted by Crippen LogP contribution is 2.15. The Labute approximate surface area is 119 Å². The number of hydrogen-bond acceptors (Lipinski definition) is 3. The number of aliphatic hydroxyl groups excluding tert-OH is 1. The molecule has 0 aliphatic carbocycles. The summed E-state index contributed by atoms with van der Waals surface area (Å²) in [6, 6.07) is 18.1. The van der Waals surface area contributed by atoms with E-state index in [0.717, 1.165) is 17.7 Å². The van der Waals surface area contributed by atoms with Crippen molar-refractivity contribution in [2.45, 2.75) is 13.0 Å². The maximum atomic E-state index is 8.64. The third-order valence-corrected chi connectivity index (χ3v) is 2.92. The second kappa shape index (κ2) is 8.35. The number of hydrogen-bond donors (Lipinski definition) is 1. The van der Waals surface area contributed by atoms with Gasteiger partial charge >= 0.3 is 0 Å². The molecule has 0 heterocycles. The number of benzene rings is 2. The first-order chi connectivity index (χ1) is 9.88. The first-order valence-corrected chi connectivity index (χ1v) is 6.83. The molecule has 2 rings (SSSR count). The zero-order chi connectivity index (χ0) is 14.0. The first-order valence-electron chi connectivity index (χ1n) is 6.83. The van der Waals surface area contributed by atoms with Gasteiger partial charge in [-0.05, 0) is 29.7 Å². The summed E-state index contributed by atoms with van der Waals surface area (Å²) in [6.45, 7) is 1.65. The van der Waals surface area contributed by atoms with Gasteiger partial charge in [0.15, 0.2) is 0 Å². The van der Waals surface area contributed by atoms with E-state index in [-0.39, 0.29) is 6.61 Å². The van der Waals surface area contributed by atoms with Gasteiger partial charge in [0.25, 0.3) is 0 Å². The molecule has 20 heavy (non-hydrogen) atoms. The zero-order valence-electron chi connectivity index (χ0n) is 11.5. The van der Waals surface area contributed by atoms with Crippen LogP contribution in [-0.4, -0.2) is 24.9 Å². The summed E-state index contributed by atoms with van der Waals surface area (Å²) in [4.78, 5) is 0. The molecule has 2 aromatic carbocycles. The third-order valence-electron chi connectivity index (χ3n) is 2.92. The molecule has 0 atom stereocenters. The number of aliphatic hydroxyl groups is 1. The molecule has 1 N–H and O–H groups in total. The van der Waals surface area contributed by atoms with Crippen LogP contribution in [-0.2, 0) is 17.8 Å². The van der Waals surface area contributed by atoms with Crippen molar-refractivity contribution in [3.05, 3.63) is 65.7 Å². The topological polar surface area (TPSA) is 38.7 Å². The second-order valence-corrected chi connectivity index (χ2v) is 4.51. The maximum Gasteiger partial charge on any atom is 0.120 e. The molecular formula is C17H20O3. The third kappa shape index (κ3) is 5.03. The predicted octanol–water partition coefficient (Wildman–Crippen LogP) is 2.82. The molecule has 0 unspecified atom stereocenters. The second-order valence-electron chi connectivity index (χ2n) is 4.51. The monoisotopic (exact) mass is 272 g/mol. The minimum Gasteiger partial charge on any atom is -0.489 e. The van der Waals surface area contributed by atoms with Crippen molar-refractivity contribution in [2.75, 3.05) is 19.8 Å². The van der Waals surface area contributed by atoms with Crippen molar-refractivity contribution in [3.63, 3.8) is 0 Å². The molecule has 0 aliphatic rings. The molecule has 0 aromatic heterocycles. The molecule has 0 amide bonds. The van der Waals surface area contributed by atoms with E-state index in [1.807, 2.05) is 48.5 Å². The Balaban J connectivity index is 1.83. The van der Waals surface area contributed by atoms with Gasteiger partial charge in [-0.15, -0.1) is 0 Å². The van der Waals surface area contributed by atoms with Gasteiger partial charge in [-0.25, -0.2) is 0 Å². The van der Waals surface area contributed by atoms with Crippen LogP contribution in [0.5, 0.6) is 5.75 Å². The molecule has 0 spiro atoms. The van der Waals surface area contributed by atoms with Gasteiger partial charge in [0.1, 0.15) is 12.4 Å². The van der Waals surface area contributed by atoms with Crippen molar-refractivity contribution in [1.82, 2.24) is 0 Å². The van der Waals surface area contributed by atoms with Gasteiger partial charge in [0.2, 0.25) is 0 Å². The summed E-state index contributed by atoms with van der Waals surface area (Å²) in [7, 11) is 0. The van der Waals surface area contributed by atoms with Crippen molar-refractivity contribution in [3.8, 4) is 5.75 Å². The van der Waals surface area contributed by atoms with E-state index in [0.29, 0.717) is 19.8 Å². The average molecular weight is 272 g/mol. The first kappa shape index (κ1) is 14.6. The van der Waals surface area contributed by atoms with E-state index >= 15 is 0 Å². The van der Waals surface area contributed by atoms with Crippen LogP contribution in [0, 0.1) is 0 Å². The number of ether oxygens (including phenoxy) is 2. The molecule has 0 bridgehead atoms. The normalized spacial score (nSPS) is 10.4. The van der Waals surface area contributed by atoms with Crippen molar-refractivity contribution < 1.29 is 14.6 Å². The lowest BCUT2D eigenvalue weighted by atomic mass is 10.1. The fraction of sp³-hybridized carbons (Fsp3) is 0.294. The molecule has 0 saturated heterocycles. The van der Waals surface area contributed by atoms with Gasteiger partial charge in [-0.3, -0.25) is 0 Å². The van der Waals surface area contributed by atoms with Gasteiger partial charge in [0.05, 0.1) is 19.8 Å². The van der Waals surface area contributed by atoms with E-state index in [1.54, 1.807) is 0 Å². The van der Waals surface area contributed by atoms with Crippen LogP contribution in [0.1, 0.15) is 11.1 Å². The minimum atomic E-state index is 0.0697. The Kier molecular flexibility index (Phi) is 6.08. The molecule has 3 nitrogen and oxygen atoms in total. The van der Waals surface area contributed by atoms with Crippen molar-refractivity contribution >= 4 is 0 Å². The Morgan fingerprint density at radius 1 is 0.850 bits per heavy atom. The van der Waals surface area contributed by atoms with Crippen LogP contribution >= 0.6 is 0 Å². The molecule has 3 heteroatoms. The lowest BCUT2D eigenvalue weighted by Crippen LogP contribution is -2.03. The van der Waals surface area contributed by atoms with Gasteiger partial charge in [0, 0.05) is 0 Å². The predicted molar refractivity (Wildman–Crippen MR) is 78.8 cm³/mol. The standard InChI is InChI=1S/C17H20O3/c18-10-12-19-11-9-15-7-4-8-17(13-15)20-14-16-5-2-1-3-6-16/h1-8,13,18H,9-12,14H2. The zero-order valence-corrected chi connectivity index (χ0v) is 11.5. The summed E-state index contributed by atoms with van der Waals surface area (Å²) in [6.07, 6.45) is 0.822. The highest BCUT2D eigenvalue weighted by Gasteiger charge is 1.99. The maximum absolute atomic E-state index is 8.64. The van der Waals surface area contributed by atoms with Crippen molar-refractivity contribution in [2.24, 2.45) is 0 Å². The summed E-state index contributed by atoms with van der Waals surface area (Å²) in [5.74, 6) is 0.869. The lowest BCUT2D eigenvalue weighted by molar-refractivity contribution is 0.0944. The molecule has 0 fully saturated rings.